The highest BCUT2D eigenvalue weighted by molar-refractivity contribution is 5.57. The number of rotatable bonds is 2. The molecule has 15 heavy (non-hydrogen) atoms. The van der Waals surface area contributed by atoms with E-state index in [1.807, 2.05) is 6.07 Å². The molecule has 80 valence electrons. The van der Waals surface area contributed by atoms with Crippen molar-refractivity contribution in [2.24, 2.45) is 5.41 Å². The first kappa shape index (κ1) is 11.5. The fourth-order valence-electron chi connectivity index (χ4n) is 1.15. The number of halogens is 1. The van der Waals surface area contributed by atoms with Gasteiger partial charge in [-0.25, -0.2) is 4.39 Å². The Kier molecular flexibility index (Phi) is 3.31. The number of hydrogen-bond acceptors (Lipinski definition) is 2. The number of anilines is 1. The molecule has 1 rings (SSSR count). The lowest BCUT2D eigenvalue weighted by Gasteiger charge is -2.20. The van der Waals surface area contributed by atoms with Gasteiger partial charge in [0.2, 0.25) is 0 Å². The van der Waals surface area contributed by atoms with Gasteiger partial charge in [0.15, 0.2) is 0 Å². The van der Waals surface area contributed by atoms with Crippen LogP contribution in [-0.2, 0) is 0 Å². The molecule has 2 nitrogen and oxygen atoms in total. The summed E-state index contributed by atoms with van der Waals surface area (Å²) in [6.45, 7) is 6.92. The molecule has 0 atom stereocenters. The van der Waals surface area contributed by atoms with Gasteiger partial charge in [0.1, 0.15) is 17.4 Å². The molecule has 0 saturated carbocycles. The standard InChI is InChI=1S/C12H15FN2/c1-12(2,3)8-15-11-6-4-5-10(13)9(11)7-14/h4-6,15H,8H2,1-3H3. The Morgan fingerprint density at radius 1 is 1.40 bits per heavy atom. The summed E-state index contributed by atoms with van der Waals surface area (Å²) in [5.41, 5.74) is 0.744. The van der Waals surface area contributed by atoms with Gasteiger partial charge >= 0.3 is 0 Å². The third-order valence-corrected chi connectivity index (χ3v) is 1.93. The van der Waals surface area contributed by atoms with Crippen molar-refractivity contribution in [3.05, 3.63) is 29.6 Å². The summed E-state index contributed by atoms with van der Waals surface area (Å²) < 4.78 is 13.2. The molecule has 0 heterocycles. The smallest absolute Gasteiger partial charge is 0.143 e. The molecule has 3 heteroatoms. The summed E-state index contributed by atoms with van der Waals surface area (Å²) in [7, 11) is 0. The highest BCUT2D eigenvalue weighted by Crippen LogP contribution is 2.20. The summed E-state index contributed by atoms with van der Waals surface area (Å²) in [6, 6.07) is 6.47. The van der Waals surface area contributed by atoms with E-state index in [4.69, 9.17) is 5.26 Å². The predicted molar refractivity (Wildman–Crippen MR) is 59.1 cm³/mol. The van der Waals surface area contributed by atoms with Crippen LogP contribution in [0.5, 0.6) is 0 Å². The summed E-state index contributed by atoms with van der Waals surface area (Å²) in [5.74, 6) is -0.476. The van der Waals surface area contributed by atoms with Gasteiger partial charge in [0, 0.05) is 6.54 Å². The van der Waals surface area contributed by atoms with Crippen molar-refractivity contribution in [1.82, 2.24) is 0 Å². The fraction of sp³-hybridized carbons (Fsp3) is 0.417. The Hall–Kier alpha value is -1.56. The van der Waals surface area contributed by atoms with Crippen molar-refractivity contribution in [2.45, 2.75) is 20.8 Å². The van der Waals surface area contributed by atoms with E-state index < -0.39 is 5.82 Å². The Labute approximate surface area is 89.7 Å². The lowest BCUT2D eigenvalue weighted by Crippen LogP contribution is -2.19. The maximum Gasteiger partial charge on any atom is 0.143 e. The highest BCUT2D eigenvalue weighted by atomic mass is 19.1. The third-order valence-electron chi connectivity index (χ3n) is 1.93. The molecule has 1 aromatic carbocycles. The van der Waals surface area contributed by atoms with Gasteiger partial charge < -0.3 is 5.32 Å². The van der Waals surface area contributed by atoms with E-state index in [-0.39, 0.29) is 11.0 Å². The van der Waals surface area contributed by atoms with Crippen molar-refractivity contribution < 1.29 is 4.39 Å². The minimum absolute atomic E-state index is 0.0850. The van der Waals surface area contributed by atoms with Crippen LogP contribution in [0.2, 0.25) is 0 Å². The van der Waals surface area contributed by atoms with Crippen LogP contribution in [0.4, 0.5) is 10.1 Å². The molecular weight excluding hydrogens is 191 g/mol. The molecule has 0 amide bonds. The molecule has 0 fully saturated rings. The molecule has 0 aromatic heterocycles. The zero-order valence-corrected chi connectivity index (χ0v) is 9.26. The number of nitrogens with one attached hydrogen (secondary N) is 1. The van der Waals surface area contributed by atoms with Gasteiger partial charge in [-0.05, 0) is 17.5 Å². The molecular formula is C12H15FN2. The molecule has 0 aliphatic carbocycles. The first-order valence-electron chi connectivity index (χ1n) is 4.86. The summed E-state index contributed by atoms with van der Waals surface area (Å²) >= 11 is 0. The van der Waals surface area contributed by atoms with Crippen molar-refractivity contribution in [1.29, 1.82) is 5.26 Å². The Bertz CT molecular complexity index is 386. The Balaban J connectivity index is 2.87. The van der Waals surface area contributed by atoms with Crippen molar-refractivity contribution >= 4 is 5.69 Å². The van der Waals surface area contributed by atoms with E-state index in [0.29, 0.717) is 12.2 Å². The first-order valence-corrected chi connectivity index (χ1v) is 4.86. The molecule has 1 N–H and O–H groups in total. The normalized spacial score (nSPS) is 10.9. The molecule has 0 unspecified atom stereocenters. The van der Waals surface area contributed by atoms with Gasteiger partial charge in [-0.3, -0.25) is 0 Å². The summed E-state index contributed by atoms with van der Waals surface area (Å²) in [6.07, 6.45) is 0. The lowest BCUT2D eigenvalue weighted by molar-refractivity contribution is 0.443. The SMILES string of the molecule is CC(C)(C)CNc1cccc(F)c1C#N. The van der Waals surface area contributed by atoms with Crippen LogP contribution in [0.25, 0.3) is 0 Å². The largest absolute Gasteiger partial charge is 0.383 e. The molecule has 1 aromatic rings. The number of benzene rings is 1. The minimum Gasteiger partial charge on any atom is -0.383 e. The first-order chi connectivity index (χ1) is 6.94. The number of nitriles is 1. The second-order valence-electron chi connectivity index (χ2n) is 4.69. The predicted octanol–water partition coefficient (Wildman–Crippen LogP) is 3.16. The Morgan fingerprint density at radius 3 is 2.60 bits per heavy atom. The van der Waals surface area contributed by atoms with E-state index in [9.17, 15) is 4.39 Å². The molecule has 0 aliphatic rings. The van der Waals surface area contributed by atoms with E-state index in [0.717, 1.165) is 0 Å². The van der Waals surface area contributed by atoms with Crippen molar-refractivity contribution in [3.8, 4) is 6.07 Å². The molecule has 0 radical (unpaired) electrons. The summed E-state index contributed by atoms with van der Waals surface area (Å²) in [4.78, 5) is 0. The van der Waals surface area contributed by atoms with Gasteiger partial charge in [-0.1, -0.05) is 26.8 Å². The second-order valence-corrected chi connectivity index (χ2v) is 4.69. The van der Waals surface area contributed by atoms with Crippen LogP contribution in [0, 0.1) is 22.6 Å². The minimum atomic E-state index is -0.476. The van der Waals surface area contributed by atoms with Crippen LogP contribution in [0.1, 0.15) is 26.3 Å². The monoisotopic (exact) mass is 206 g/mol. The fourth-order valence-corrected chi connectivity index (χ4v) is 1.15. The molecule has 0 saturated heterocycles. The van der Waals surface area contributed by atoms with Crippen LogP contribution >= 0.6 is 0 Å². The lowest BCUT2D eigenvalue weighted by atomic mass is 9.96. The average Bonchev–Trinajstić information content (AvgIpc) is 2.13. The number of hydrogen-bond donors (Lipinski definition) is 1. The zero-order chi connectivity index (χ0) is 11.5. The average molecular weight is 206 g/mol. The van der Waals surface area contributed by atoms with Crippen LogP contribution in [0.3, 0.4) is 0 Å². The van der Waals surface area contributed by atoms with Crippen LogP contribution in [-0.4, -0.2) is 6.54 Å². The van der Waals surface area contributed by atoms with Crippen molar-refractivity contribution in [2.75, 3.05) is 11.9 Å². The highest BCUT2D eigenvalue weighted by Gasteiger charge is 2.12. The topological polar surface area (TPSA) is 35.8 Å². The van der Waals surface area contributed by atoms with Gasteiger partial charge in [0.05, 0.1) is 5.69 Å². The quantitative estimate of drug-likeness (QED) is 0.806. The van der Waals surface area contributed by atoms with Crippen LogP contribution < -0.4 is 5.32 Å². The van der Waals surface area contributed by atoms with Crippen LogP contribution in [0.15, 0.2) is 18.2 Å². The maximum absolute atomic E-state index is 13.2. The summed E-state index contributed by atoms with van der Waals surface area (Å²) in [5, 5.41) is 11.9. The third kappa shape index (κ3) is 3.25. The molecule has 0 spiro atoms. The molecule has 0 bridgehead atoms. The molecule has 0 aliphatic heterocycles. The van der Waals surface area contributed by atoms with Gasteiger partial charge in [-0.15, -0.1) is 0 Å². The van der Waals surface area contributed by atoms with E-state index in [1.165, 1.54) is 6.07 Å². The zero-order valence-electron chi connectivity index (χ0n) is 9.26. The van der Waals surface area contributed by atoms with Crippen molar-refractivity contribution in [3.63, 3.8) is 0 Å². The van der Waals surface area contributed by atoms with Gasteiger partial charge in [0.25, 0.3) is 0 Å². The Morgan fingerprint density at radius 2 is 2.07 bits per heavy atom. The van der Waals surface area contributed by atoms with E-state index in [1.54, 1.807) is 12.1 Å². The number of nitrogens with zero attached hydrogens (tertiary/aromatic N) is 1. The van der Waals surface area contributed by atoms with E-state index in [2.05, 4.69) is 26.1 Å². The van der Waals surface area contributed by atoms with E-state index >= 15 is 0 Å². The van der Waals surface area contributed by atoms with Gasteiger partial charge in [-0.2, -0.15) is 5.26 Å². The second kappa shape index (κ2) is 4.31. The maximum atomic E-state index is 13.2.